The molecule has 0 aromatic carbocycles. The highest BCUT2D eigenvalue weighted by Crippen LogP contribution is 2.23. The van der Waals surface area contributed by atoms with E-state index in [1.54, 1.807) is 0 Å². The summed E-state index contributed by atoms with van der Waals surface area (Å²) >= 11 is 4.53. The van der Waals surface area contributed by atoms with E-state index in [1.807, 2.05) is 0 Å². The van der Waals surface area contributed by atoms with Gasteiger partial charge < -0.3 is 4.74 Å². The Kier molecular flexibility index (Phi) is 7.74. The Balaban J connectivity index is 2.18. The van der Waals surface area contributed by atoms with E-state index in [0.717, 1.165) is 57.8 Å². The number of carbonyl (C=O) groups excluding carboxylic acids is 1. The lowest BCUT2D eigenvalue weighted by atomic mass is 9.98. The standard InChI is InChI=1S/C14H26O2S/c1-2-3-4-11-14(15)16-12-7-5-9-13(17)10-6-8-12/h12-13,17H,2-11H2,1H3. The van der Waals surface area contributed by atoms with E-state index in [-0.39, 0.29) is 12.1 Å². The first-order valence-electron chi connectivity index (χ1n) is 7.10. The summed E-state index contributed by atoms with van der Waals surface area (Å²) in [6, 6.07) is 0. The molecule has 0 saturated heterocycles. The monoisotopic (exact) mass is 258 g/mol. The SMILES string of the molecule is CCCCCC(=O)OC1CCCC(S)CCC1. The highest BCUT2D eigenvalue weighted by atomic mass is 32.1. The first kappa shape index (κ1) is 14.9. The van der Waals surface area contributed by atoms with Gasteiger partial charge in [0.25, 0.3) is 0 Å². The van der Waals surface area contributed by atoms with Gasteiger partial charge in [-0.25, -0.2) is 0 Å². The lowest BCUT2D eigenvalue weighted by Gasteiger charge is -2.22. The average molecular weight is 258 g/mol. The number of esters is 1. The van der Waals surface area contributed by atoms with Gasteiger partial charge in [-0.15, -0.1) is 0 Å². The number of thiol groups is 1. The Morgan fingerprint density at radius 2 is 1.82 bits per heavy atom. The minimum absolute atomic E-state index is 0.00597. The summed E-state index contributed by atoms with van der Waals surface area (Å²) in [4.78, 5) is 11.6. The molecular formula is C14H26O2S. The lowest BCUT2D eigenvalue weighted by molar-refractivity contribution is -0.150. The zero-order valence-corrected chi connectivity index (χ0v) is 11.9. The molecule has 0 amide bonds. The van der Waals surface area contributed by atoms with E-state index in [1.165, 1.54) is 0 Å². The molecule has 2 nitrogen and oxygen atoms in total. The van der Waals surface area contributed by atoms with Gasteiger partial charge in [0, 0.05) is 11.7 Å². The maximum Gasteiger partial charge on any atom is 0.306 e. The van der Waals surface area contributed by atoms with Gasteiger partial charge in [-0.2, -0.15) is 12.6 Å². The van der Waals surface area contributed by atoms with Crippen LogP contribution in [0, 0.1) is 0 Å². The molecule has 1 rings (SSSR count). The van der Waals surface area contributed by atoms with Crippen LogP contribution in [0.5, 0.6) is 0 Å². The molecule has 0 aliphatic heterocycles. The van der Waals surface area contributed by atoms with Gasteiger partial charge in [-0.05, 0) is 44.9 Å². The van der Waals surface area contributed by atoms with Crippen LogP contribution in [0.4, 0.5) is 0 Å². The van der Waals surface area contributed by atoms with E-state index in [4.69, 9.17) is 4.74 Å². The van der Waals surface area contributed by atoms with Crippen molar-refractivity contribution in [3.63, 3.8) is 0 Å². The van der Waals surface area contributed by atoms with Crippen molar-refractivity contribution < 1.29 is 9.53 Å². The Labute approximate surface area is 111 Å². The molecule has 0 aromatic rings. The Morgan fingerprint density at radius 1 is 1.18 bits per heavy atom. The topological polar surface area (TPSA) is 26.3 Å². The van der Waals surface area contributed by atoms with Crippen molar-refractivity contribution in [3.05, 3.63) is 0 Å². The van der Waals surface area contributed by atoms with Crippen LogP contribution in [0.1, 0.15) is 71.1 Å². The average Bonchev–Trinajstić information content (AvgIpc) is 2.26. The largest absolute Gasteiger partial charge is 0.462 e. The fourth-order valence-corrected chi connectivity index (χ4v) is 2.70. The van der Waals surface area contributed by atoms with Crippen molar-refractivity contribution in [2.24, 2.45) is 0 Å². The van der Waals surface area contributed by atoms with E-state index in [2.05, 4.69) is 19.6 Å². The van der Waals surface area contributed by atoms with E-state index < -0.39 is 0 Å². The fourth-order valence-electron chi connectivity index (χ4n) is 2.33. The van der Waals surface area contributed by atoms with E-state index in [0.29, 0.717) is 11.7 Å². The fraction of sp³-hybridized carbons (Fsp3) is 0.929. The van der Waals surface area contributed by atoms with Crippen molar-refractivity contribution in [2.75, 3.05) is 0 Å². The van der Waals surface area contributed by atoms with Gasteiger partial charge in [0.05, 0.1) is 0 Å². The second kappa shape index (κ2) is 8.84. The van der Waals surface area contributed by atoms with Crippen molar-refractivity contribution in [2.45, 2.75) is 82.5 Å². The highest BCUT2D eigenvalue weighted by Gasteiger charge is 2.17. The van der Waals surface area contributed by atoms with Crippen LogP contribution in [0.25, 0.3) is 0 Å². The number of hydrogen-bond donors (Lipinski definition) is 1. The third kappa shape index (κ3) is 6.97. The lowest BCUT2D eigenvalue weighted by Crippen LogP contribution is -2.20. The zero-order chi connectivity index (χ0) is 12.5. The molecule has 1 aliphatic carbocycles. The summed E-state index contributed by atoms with van der Waals surface area (Å²) in [7, 11) is 0. The predicted molar refractivity (Wildman–Crippen MR) is 74.5 cm³/mol. The van der Waals surface area contributed by atoms with Gasteiger partial charge in [0.1, 0.15) is 6.10 Å². The van der Waals surface area contributed by atoms with Crippen LogP contribution in [-0.4, -0.2) is 17.3 Å². The van der Waals surface area contributed by atoms with Crippen LogP contribution in [0.15, 0.2) is 0 Å². The molecular weight excluding hydrogens is 232 g/mol. The molecule has 100 valence electrons. The number of hydrogen-bond acceptors (Lipinski definition) is 3. The molecule has 0 atom stereocenters. The minimum Gasteiger partial charge on any atom is -0.462 e. The maximum absolute atomic E-state index is 11.6. The molecule has 1 saturated carbocycles. The van der Waals surface area contributed by atoms with Gasteiger partial charge >= 0.3 is 5.97 Å². The molecule has 3 heteroatoms. The molecule has 0 heterocycles. The van der Waals surface area contributed by atoms with Gasteiger partial charge in [0.2, 0.25) is 0 Å². The van der Waals surface area contributed by atoms with Crippen LogP contribution in [0.3, 0.4) is 0 Å². The summed E-state index contributed by atoms with van der Waals surface area (Å²) in [6.45, 7) is 2.15. The van der Waals surface area contributed by atoms with Crippen LogP contribution in [-0.2, 0) is 9.53 Å². The van der Waals surface area contributed by atoms with Gasteiger partial charge in [-0.1, -0.05) is 19.8 Å². The molecule has 0 spiro atoms. The second-order valence-corrected chi connectivity index (χ2v) is 5.81. The molecule has 0 unspecified atom stereocenters. The normalized spacial score (nSPS) is 26.0. The summed E-state index contributed by atoms with van der Waals surface area (Å²) in [5.74, 6) is 0.00597. The number of rotatable bonds is 5. The third-order valence-corrected chi connectivity index (χ3v) is 3.93. The van der Waals surface area contributed by atoms with E-state index in [9.17, 15) is 4.79 Å². The zero-order valence-electron chi connectivity index (χ0n) is 11.0. The van der Waals surface area contributed by atoms with Gasteiger partial charge in [-0.3, -0.25) is 4.79 Å². The Hall–Kier alpha value is -0.180. The molecule has 0 aromatic heterocycles. The highest BCUT2D eigenvalue weighted by molar-refractivity contribution is 7.80. The molecule has 0 radical (unpaired) electrons. The first-order valence-corrected chi connectivity index (χ1v) is 7.61. The van der Waals surface area contributed by atoms with Crippen molar-refractivity contribution >= 4 is 18.6 Å². The Bertz CT molecular complexity index is 208. The summed E-state index contributed by atoms with van der Waals surface area (Å²) < 4.78 is 5.54. The minimum atomic E-state index is 0.00597. The number of unbranched alkanes of at least 4 members (excludes halogenated alkanes) is 2. The van der Waals surface area contributed by atoms with Crippen molar-refractivity contribution in [1.82, 2.24) is 0 Å². The number of carbonyl (C=O) groups is 1. The van der Waals surface area contributed by atoms with Crippen molar-refractivity contribution in [3.8, 4) is 0 Å². The Morgan fingerprint density at radius 3 is 2.41 bits per heavy atom. The second-order valence-electron chi connectivity index (χ2n) is 5.08. The molecule has 1 fully saturated rings. The maximum atomic E-state index is 11.6. The predicted octanol–water partition coefficient (Wildman–Crippen LogP) is 4.13. The van der Waals surface area contributed by atoms with Crippen molar-refractivity contribution in [1.29, 1.82) is 0 Å². The first-order chi connectivity index (χ1) is 8.22. The molecule has 0 bridgehead atoms. The van der Waals surface area contributed by atoms with Crippen LogP contribution >= 0.6 is 12.6 Å². The molecule has 0 N–H and O–H groups in total. The van der Waals surface area contributed by atoms with Crippen LogP contribution in [0.2, 0.25) is 0 Å². The van der Waals surface area contributed by atoms with Crippen LogP contribution < -0.4 is 0 Å². The van der Waals surface area contributed by atoms with Gasteiger partial charge in [0.15, 0.2) is 0 Å². The summed E-state index contributed by atoms with van der Waals surface area (Å²) in [5.41, 5.74) is 0. The third-order valence-electron chi connectivity index (χ3n) is 3.41. The number of ether oxygens (including phenoxy) is 1. The molecule has 17 heavy (non-hydrogen) atoms. The van der Waals surface area contributed by atoms with E-state index >= 15 is 0 Å². The summed E-state index contributed by atoms with van der Waals surface area (Å²) in [6.07, 6.45) is 10.7. The quantitative estimate of drug-likeness (QED) is 0.456. The summed E-state index contributed by atoms with van der Waals surface area (Å²) in [5, 5.41) is 0.552. The smallest absolute Gasteiger partial charge is 0.306 e. The molecule has 1 aliphatic rings.